The third-order valence-electron chi connectivity index (χ3n) is 6.28. The molecule has 0 N–H and O–H groups in total. The molecule has 0 saturated heterocycles. The van der Waals surface area contributed by atoms with Gasteiger partial charge in [-0.3, -0.25) is 0 Å². The zero-order valence-corrected chi connectivity index (χ0v) is 21.7. The summed E-state index contributed by atoms with van der Waals surface area (Å²) in [7, 11) is -4.19. The molecule has 0 aromatic heterocycles. The van der Waals surface area contributed by atoms with Crippen LogP contribution in [-0.2, 0) is 10.4 Å². The first kappa shape index (κ1) is 27.2. The second kappa shape index (κ2) is 14.3. The van der Waals surface area contributed by atoms with Gasteiger partial charge in [0.1, 0.15) is 11.5 Å². The average molecular weight is 475 g/mol. The second-order valence-electron chi connectivity index (χ2n) is 9.21. The third kappa shape index (κ3) is 10.2. The molecule has 0 aliphatic heterocycles. The van der Waals surface area contributed by atoms with Crippen LogP contribution in [0.5, 0.6) is 11.5 Å². The number of hydrogen-bond acceptors (Lipinski definition) is 4. The van der Waals surface area contributed by atoms with Gasteiger partial charge < -0.3 is 8.37 Å². The second-order valence-corrected chi connectivity index (χ2v) is 10.4. The normalized spacial score (nSPS) is 13.5. The Kier molecular flexibility index (Phi) is 11.8. The van der Waals surface area contributed by atoms with Crippen molar-refractivity contribution < 1.29 is 16.8 Å². The van der Waals surface area contributed by atoms with Gasteiger partial charge >= 0.3 is 10.4 Å². The van der Waals surface area contributed by atoms with Gasteiger partial charge in [0.15, 0.2) is 0 Å². The summed E-state index contributed by atoms with van der Waals surface area (Å²) in [5.74, 6) is 1.40. The highest BCUT2D eigenvalue weighted by Crippen LogP contribution is 2.27. The van der Waals surface area contributed by atoms with Gasteiger partial charge in [-0.25, -0.2) is 0 Å². The summed E-state index contributed by atoms with van der Waals surface area (Å²) in [6.45, 7) is 8.84. The highest BCUT2D eigenvalue weighted by molar-refractivity contribution is 7.82. The zero-order chi connectivity index (χ0) is 24.1. The predicted molar refractivity (Wildman–Crippen MR) is 137 cm³/mol. The van der Waals surface area contributed by atoms with Crippen molar-refractivity contribution in [2.45, 2.75) is 104 Å². The van der Waals surface area contributed by atoms with E-state index in [-0.39, 0.29) is 11.5 Å². The fourth-order valence-electron chi connectivity index (χ4n) is 4.04. The van der Waals surface area contributed by atoms with Crippen molar-refractivity contribution in [1.29, 1.82) is 0 Å². The van der Waals surface area contributed by atoms with Crippen molar-refractivity contribution in [1.82, 2.24) is 0 Å². The molecule has 5 heteroatoms. The number of benzene rings is 2. The fourth-order valence-corrected chi connectivity index (χ4v) is 4.77. The lowest BCUT2D eigenvalue weighted by atomic mass is 9.95. The molecule has 2 unspecified atom stereocenters. The summed E-state index contributed by atoms with van der Waals surface area (Å²) >= 11 is 0. The Balaban J connectivity index is 1.86. The fraction of sp³-hybridized carbons (Fsp3) is 0.571. The van der Waals surface area contributed by atoms with Crippen LogP contribution in [0.2, 0.25) is 0 Å². The molecule has 184 valence electrons. The Morgan fingerprint density at radius 2 is 0.970 bits per heavy atom. The zero-order valence-electron chi connectivity index (χ0n) is 20.9. The lowest BCUT2D eigenvalue weighted by molar-refractivity contribution is 0.392. The maximum Gasteiger partial charge on any atom is 0.500 e. The molecule has 0 aliphatic carbocycles. The van der Waals surface area contributed by atoms with E-state index < -0.39 is 10.4 Å². The first-order chi connectivity index (χ1) is 15.8. The van der Waals surface area contributed by atoms with Crippen molar-refractivity contribution >= 4 is 10.4 Å². The monoisotopic (exact) mass is 474 g/mol. The van der Waals surface area contributed by atoms with E-state index in [2.05, 4.69) is 27.7 Å². The number of rotatable bonds is 16. The Morgan fingerprint density at radius 1 is 0.606 bits per heavy atom. The van der Waals surface area contributed by atoms with E-state index in [1.54, 1.807) is 24.3 Å². The summed E-state index contributed by atoms with van der Waals surface area (Å²) in [5.41, 5.74) is 2.38. The highest BCUT2D eigenvalue weighted by atomic mass is 32.3. The summed E-state index contributed by atoms with van der Waals surface area (Å²) in [6.07, 6.45) is 12.2. The van der Waals surface area contributed by atoms with E-state index >= 15 is 0 Å². The molecule has 0 aliphatic rings. The van der Waals surface area contributed by atoms with Gasteiger partial charge in [0.05, 0.1) is 0 Å². The first-order valence-electron chi connectivity index (χ1n) is 12.7. The van der Waals surface area contributed by atoms with E-state index in [9.17, 15) is 8.42 Å². The Morgan fingerprint density at radius 3 is 1.30 bits per heavy atom. The maximum absolute atomic E-state index is 12.4. The molecule has 0 heterocycles. The molecule has 0 spiro atoms. The van der Waals surface area contributed by atoms with Crippen LogP contribution >= 0.6 is 0 Å². The molecule has 0 amide bonds. The van der Waals surface area contributed by atoms with Gasteiger partial charge in [0.2, 0.25) is 0 Å². The summed E-state index contributed by atoms with van der Waals surface area (Å²) in [5, 5.41) is 0. The van der Waals surface area contributed by atoms with Crippen LogP contribution in [-0.4, -0.2) is 8.42 Å². The van der Waals surface area contributed by atoms with E-state index in [4.69, 9.17) is 8.37 Å². The van der Waals surface area contributed by atoms with E-state index in [1.165, 1.54) is 62.5 Å². The number of unbranched alkanes of at least 4 members (excludes halogenated alkanes) is 6. The molecule has 0 radical (unpaired) electrons. The van der Waals surface area contributed by atoms with Gasteiger partial charge in [-0.1, -0.05) is 103 Å². The highest BCUT2D eigenvalue weighted by Gasteiger charge is 2.17. The molecular weight excluding hydrogens is 432 g/mol. The van der Waals surface area contributed by atoms with E-state index in [0.29, 0.717) is 11.8 Å². The van der Waals surface area contributed by atoms with Crippen molar-refractivity contribution in [3.8, 4) is 11.5 Å². The van der Waals surface area contributed by atoms with Gasteiger partial charge in [-0.15, -0.1) is 8.42 Å². The van der Waals surface area contributed by atoms with Crippen molar-refractivity contribution in [3.05, 3.63) is 59.7 Å². The van der Waals surface area contributed by atoms with Gasteiger partial charge in [0, 0.05) is 0 Å². The molecule has 2 atom stereocenters. The minimum absolute atomic E-state index is 0.259. The molecule has 2 rings (SSSR count). The lowest BCUT2D eigenvalue weighted by Gasteiger charge is -2.14. The summed E-state index contributed by atoms with van der Waals surface area (Å²) < 4.78 is 35.1. The Labute approximate surface area is 202 Å². The van der Waals surface area contributed by atoms with Crippen LogP contribution in [0.3, 0.4) is 0 Å². The van der Waals surface area contributed by atoms with Crippen LogP contribution in [0.25, 0.3) is 0 Å². The molecule has 0 bridgehead atoms. The smallest absolute Gasteiger partial charge is 0.353 e. The van der Waals surface area contributed by atoms with Crippen LogP contribution in [0, 0.1) is 0 Å². The third-order valence-corrected chi connectivity index (χ3v) is 7.07. The van der Waals surface area contributed by atoms with Crippen molar-refractivity contribution in [2.24, 2.45) is 0 Å². The SMILES string of the molecule is CCCCCCC(C)c1ccc(OS(=O)(=O)Oc2ccc(C(C)CCCCCC)cc2)cc1. The lowest BCUT2D eigenvalue weighted by Crippen LogP contribution is -2.16. The van der Waals surface area contributed by atoms with Crippen LogP contribution in [0.15, 0.2) is 48.5 Å². The van der Waals surface area contributed by atoms with Gasteiger partial charge in [-0.05, 0) is 60.1 Å². The van der Waals surface area contributed by atoms with E-state index in [1.807, 2.05) is 24.3 Å². The molecule has 0 fully saturated rings. The van der Waals surface area contributed by atoms with Crippen LogP contribution in [0.4, 0.5) is 0 Å². The van der Waals surface area contributed by atoms with Crippen LogP contribution < -0.4 is 8.37 Å². The largest absolute Gasteiger partial charge is 0.500 e. The van der Waals surface area contributed by atoms with Gasteiger partial charge in [-0.2, -0.15) is 0 Å². The van der Waals surface area contributed by atoms with Crippen molar-refractivity contribution in [3.63, 3.8) is 0 Å². The van der Waals surface area contributed by atoms with Crippen LogP contribution in [0.1, 0.15) is 115 Å². The molecule has 4 nitrogen and oxygen atoms in total. The summed E-state index contributed by atoms with van der Waals surface area (Å²) in [4.78, 5) is 0. The molecule has 2 aromatic rings. The minimum atomic E-state index is -4.19. The van der Waals surface area contributed by atoms with Gasteiger partial charge in [0.25, 0.3) is 0 Å². The van der Waals surface area contributed by atoms with Crippen molar-refractivity contribution in [2.75, 3.05) is 0 Å². The molecule has 0 saturated carbocycles. The molecular formula is C28H42O4S. The first-order valence-corrected chi connectivity index (χ1v) is 14.0. The topological polar surface area (TPSA) is 52.6 Å². The molecule has 33 heavy (non-hydrogen) atoms. The van der Waals surface area contributed by atoms with E-state index in [0.717, 1.165) is 12.8 Å². The minimum Gasteiger partial charge on any atom is -0.353 e. The standard InChI is InChI=1S/C28H42O4S/c1-5-7-9-11-13-23(3)25-15-19-27(20-16-25)31-33(29,30)32-28-21-17-26(18-22-28)24(4)14-12-10-8-6-2/h15-24H,5-14H2,1-4H3. The molecule has 2 aromatic carbocycles. The quantitative estimate of drug-likeness (QED) is 0.229. The Bertz CT molecular complexity index is 819. The maximum atomic E-state index is 12.4. The summed E-state index contributed by atoms with van der Waals surface area (Å²) in [6, 6.07) is 14.5. The Hall–Kier alpha value is -2.01. The average Bonchev–Trinajstić information content (AvgIpc) is 2.79. The predicted octanol–water partition coefficient (Wildman–Crippen LogP) is 8.54. The number of hydrogen-bond donors (Lipinski definition) is 0.